The number of carbonyl (C=O) groups is 1. The minimum absolute atomic E-state index is 0.0475. The van der Waals surface area contributed by atoms with Gasteiger partial charge in [0.05, 0.1) is 6.61 Å². The van der Waals surface area contributed by atoms with Crippen molar-refractivity contribution in [3.63, 3.8) is 0 Å². The first-order valence-corrected chi connectivity index (χ1v) is 7.23. The van der Waals surface area contributed by atoms with Crippen LogP contribution < -0.4 is 5.32 Å². The summed E-state index contributed by atoms with van der Waals surface area (Å²) in [7, 11) is 0. The van der Waals surface area contributed by atoms with E-state index in [1.54, 1.807) is 23.6 Å². The lowest BCUT2D eigenvalue weighted by Crippen LogP contribution is -2.22. The Balaban J connectivity index is 1.74. The summed E-state index contributed by atoms with van der Waals surface area (Å²) in [5.74, 6) is -0.604. The van der Waals surface area contributed by atoms with E-state index in [4.69, 9.17) is 9.84 Å². The predicted octanol–water partition coefficient (Wildman–Crippen LogP) is 2.57. The van der Waals surface area contributed by atoms with Crippen LogP contribution in [0.1, 0.15) is 26.9 Å². The Morgan fingerprint density at radius 2 is 2.45 bits per heavy atom. The lowest BCUT2D eigenvalue weighted by atomic mass is 10.1. The quantitative estimate of drug-likeness (QED) is 0.905. The molecule has 3 heterocycles. The van der Waals surface area contributed by atoms with Gasteiger partial charge in [-0.2, -0.15) is 0 Å². The molecule has 1 atom stereocenters. The predicted molar refractivity (Wildman–Crippen MR) is 76.4 cm³/mol. The Hall–Kier alpha value is -1.92. The van der Waals surface area contributed by atoms with Crippen LogP contribution in [0, 0.1) is 0 Å². The number of ether oxygens (including phenoxy) is 1. The molecule has 0 aromatic carbocycles. The molecule has 2 aromatic heterocycles. The second-order valence-electron chi connectivity index (χ2n) is 4.49. The van der Waals surface area contributed by atoms with Crippen LogP contribution in [-0.2, 0) is 11.2 Å². The van der Waals surface area contributed by atoms with E-state index in [9.17, 15) is 4.79 Å². The first-order chi connectivity index (χ1) is 9.75. The van der Waals surface area contributed by atoms with Gasteiger partial charge in [-0.15, -0.1) is 11.3 Å². The zero-order valence-corrected chi connectivity index (χ0v) is 11.5. The maximum absolute atomic E-state index is 11.1. The Morgan fingerprint density at radius 3 is 3.30 bits per heavy atom. The molecule has 5 nitrogen and oxygen atoms in total. The van der Waals surface area contributed by atoms with Gasteiger partial charge in [-0.3, -0.25) is 0 Å². The number of anilines is 1. The molecule has 0 saturated heterocycles. The molecule has 0 amide bonds. The van der Waals surface area contributed by atoms with Crippen molar-refractivity contribution in [1.82, 2.24) is 4.98 Å². The van der Waals surface area contributed by atoms with Gasteiger partial charge in [-0.1, -0.05) is 0 Å². The number of carboxylic acid groups (broad SMARTS) is 1. The van der Waals surface area contributed by atoms with E-state index in [-0.39, 0.29) is 11.7 Å². The molecule has 104 valence electrons. The van der Waals surface area contributed by atoms with Gasteiger partial charge in [-0.05, 0) is 29.1 Å². The van der Waals surface area contributed by atoms with Crippen molar-refractivity contribution >= 4 is 23.1 Å². The van der Waals surface area contributed by atoms with Gasteiger partial charge < -0.3 is 15.2 Å². The molecule has 0 spiro atoms. The number of rotatable bonds is 4. The lowest BCUT2D eigenvalue weighted by molar-refractivity contribution is 0.0525. The number of aromatic carboxylic acids is 1. The SMILES string of the molecule is O=C(O)c1cccnc1NCC1OCCc2sccc21. The minimum Gasteiger partial charge on any atom is -0.478 e. The fourth-order valence-electron chi connectivity index (χ4n) is 2.30. The first-order valence-electron chi connectivity index (χ1n) is 6.36. The Bertz CT molecular complexity index is 626. The normalized spacial score (nSPS) is 17.5. The van der Waals surface area contributed by atoms with Gasteiger partial charge in [-0.25, -0.2) is 9.78 Å². The summed E-state index contributed by atoms with van der Waals surface area (Å²) in [5, 5.41) is 14.3. The number of hydrogen-bond acceptors (Lipinski definition) is 5. The van der Waals surface area contributed by atoms with Crippen molar-refractivity contribution in [2.75, 3.05) is 18.5 Å². The minimum atomic E-state index is -0.985. The number of nitrogens with zero attached hydrogens (tertiary/aromatic N) is 1. The zero-order chi connectivity index (χ0) is 13.9. The average molecular weight is 290 g/mol. The maximum atomic E-state index is 11.1. The van der Waals surface area contributed by atoms with Crippen LogP contribution in [0.15, 0.2) is 29.8 Å². The van der Waals surface area contributed by atoms with Crippen molar-refractivity contribution in [3.8, 4) is 0 Å². The Labute approximate surface area is 120 Å². The Morgan fingerprint density at radius 1 is 1.55 bits per heavy atom. The third kappa shape index (κ3) is 2.52. The largest absolute Gasteiger partial charge is 0.478 e. The van der Waals surface area contributed by atoms with E-state index in [2.05, 4.69) is 21.7 Å². The monoisotopic (exact) mass is 290 g/mol. The molecule has 1 unspecified atom stereocenters. The molecular weight excluding hydrogens is 276 g/mol. The number of nitrogens with one attached hydrogen (secondary N) is 1. The van der Waals surface area contributed by atoms with Crippen LogP contribution in [0.3, 0.4) is 0 Å². The van der Waals surface area contributed by atoms with E-state index < -0.39 is 5.97 Å². The highest BCUT2D eigenvalue weighted by Crippen LogP contribution is 2.31. The van der Waals surface area contributed by atoms with Crippen LogP contribution in [-0.4, -0.2) is 29.2 Å². The molecule has 3 rings (SSSR count). The highest BCUT2D eigenvalue weighted by molar-refractivity contribution is 7.10. The first kappa shape index (κ1) is 13.1. The highest BCUT2D eigenvalue weighted by atomic mass is 32.1. The van der Waals surface area contributed by atoms with E-state index in [0.717, 1.165) is 6.42 Å². The second kappa shape index (κ2) is 5.60. The zero-order valence-electron chi connectivity index (χ0n) is 10.7. The number of aromatic nitrogens is 1. The lowest BCUT2D eigenvalue weighted by Gasteiger charge is -2.24. The second-order valence-corrected chi connectivity index (χ2v) is 5.49. The summed E-state index contributed by atoms with van der Waals surface area (Å²) >= 11 is 1.74. The summed E-state index contributed by atoms with van der Waals surface area (Å²) in [6, 6.07) is 5.22. The fourth-order valence-corrected chi connectivity index (χ4v) is 3.22. The van der Waals surface area contributed by atoms with Crippen LogP contribution in [0.25, 0.3) is 0 Å². The van der Waals surface area contributed by atoms with Gasteiger partial charge in [0.1, 0.15) is 17.5 Å². The Kier molecular flexibility index (Phi) is 3.66. The molecule has 20 heavy (non-hydrogen) atoms. The van der Waals surface area contributed by atoms with Crippen molar-refractivity contribution in [3.05, 3.63) is 45.8 Å². The van der Waals surface area contributed by atoms with Crippen LogP contribution in [0.5, 0.6) is 0 Å². The number of carboxylic acids is 1. The molecule has 0 saturated carbocycles. The summed E-state index contributed by atoms with van der Waals surface area (Å²) in [6.45, 7) is 1.22. The molecular formula is C14H14N2O3S. The molecule has 0 bridgehead atoms. The van der Waals surface area contributed by atoms with Crippen molar-refractivity contribution in [2.45, 2.75) is 12.5 Å². The summed E-state index contributed by atoms with van der Waals surface area (Å²) in [5.41, 5.74) is 1.37. The van der Waals surface area contributed by atoms with E-state index in [1.807, 2.05) is 0 Å². The number of pyridine rings is 1. The summed E-state index contributed by atoms with van der Waals surface area (Å²) < 4.78 is 5.75. The van der Waals surface area contributed by atoms with Crippen LogP contribution in [0.2, 0.25) is 0 Å². The van der Waals surface area contributed by atoms with Crippen LogP contribution >= 0.6 is 11.3 Å². The molecule has 1 aliphatic rings. The maximum Gasteiger partial charge on any atom is 0.339 e. The van der Waals surface area contributed by atoms with Gasteiger partial charge in [0.2, 0.25) is 0 Å². The smallest absolute Gasteiger partial charge is 0.339 e. The van der Waals surface area contributed by atoms with E-state index in [1.165, 1.54) is 16.5 Å². The fraction of sp³-hybridized carbons (Fsp3) is 0.286. The van der Waals surface area contributed by atoms with Gasteiger partial charge >= 0.3 is 5.97 Å². The summed E-state index contributed by atoms with van der Waals surface area (Å²) in [4.78, 5) is 16.6. The number of fused-ring (bicyclic) bond motifs is 1. The number of thiophene rings is 1. The topological polar surface area (TPSA) is 71.5 Å². The standard InChI is InChI=1S/C14H14N2O3S/c17-14(18)10-2-1-5-15-13(10)16-8-11-9-4-7-20-12(9)3-6-19-11/h1-2,4-5,7,11H,3,6,8H2,(H,15,16)(H,17,18). The molecule has 0 fully saturated rings. The van der Waals surface area contributed by atoms with Crippen molar-refractivity contribution in [1.29, 1.82) is 0 Å². The van der Waals surface area contributed by atoms with Crippen molar-refractivity contribution < 1.29 is 14.6 Å². The highest BCUT2D eigenvalue weighted by Gasteiger charge is 2.22. The molecule has 1 aliphatic heterocycles. The molecule has 2 N–H and O–H groups in total. The van der Waals surface area contributed by atoms with E-state index in [0.29, 0.717) is 19.0 Å². The molecule has 6 heteroatoms. The summed E-state index contributed by atoms with van der Waals surface area (Å²) in [6.07, 6.45) is 2.48. The average Bonchev–Trinajstić information content (AvgIpc) is 2.94. The van der Waals surface area contributed by atoms with Crippen LogP contribution in [0.4, 0.5) is 5.82 Å². The number of hydrogen-bond donors (Lipinski definition) is 2. The molecule has 0 aliphatic carbocycles. The third-order valence-corrected chi connectivity index (χ3v) is 4.26. The van der Waals surface area contributed by atoms with Gasteiger partial charge in [0.25, 0.3) is 0 Å². The van der Waals surface area contributed by atoms with Gasteiger partial charge in [0, 0.05) is 24.0 Å². The van der Waals surface area contributed by atoms with Gasteiger partial charge in [0.15, 0.2) is 0 Å². The van der Waals surface area contributed by atoms with Crippen molar-refractivity contribution in [2.24, 2.45) is 0 Å². The molecule has 0 radical (unpaired) electrons. The van der Waals surface area contributed by atoms with E-state index >= 15 is 0 Å². The third-order valence-electron chi connectivity index (χ3n) is 3.27. The molecule has 2 aromatic rings.